The molecule has 2 unspecified atom stereocenters. The van der Waals surface area contributed by atoms with Crippen molar-refractivity contribution < 1.29 is 9.53 Å². The molecule has 118 valence electrons. The Labute approximate surface area is 127 Å². The number of unbranched alkanes of at least 4 members (excludes halogenated alkanes) is 1. The molecule has 5 heteroatoms. The molecule has 0 heterocycles. The Morgan fingerprint density at radius 3 is 2.52 bits per heavy atom. The van der Waals surface area contributed by atoms with Gasteiger partial charge in [0.15, 0.2) is 0 Å². The fraction of sp³-hybridized carbons (Fsp3) is 0.562. The number of benzene rings is 1. The van der Waals surface area contributed by atoms with Crippen LogP contribution in [-0.2, 0) is 9.53 Å². The number of nitrogens with two attached hydrogens (primary N) is 2. The predicted molar refractivity (Wildman–Crippen MR) is 84.7 cm³/mol. The third-order valence-electron chi connectivity index (χ3n) is 3.55. The molecule has 0 bridgehead atoms. The monoisotopic (exact) mass is 293 g/mol. The van der Waals surface area contributed by atoms with Gasteiger partial charge in [0.2, 0.25) is 0 Å². The molecule has 0 saturated carbocycles. The number of ether oxygens (including phenoxy) is 1. The van der Waals surface area contributed by atoms with E-state index in [-0.39, 0.29) is 18.1 Å². The fourth-order valence-electron chi connectivity index (χ4n) is 2.09. The lowest BCUT2D eigenvalue weighted by atomic mass is 10.0. The number of hydrogen-bond donors (Lipinski definition) is 3. The molecule has 0 amide bonds. The summed E-state index contributed by atoms with van der Waals surface area (Å²) >= 11 is 0. The smallest absolute Gasteiger partial charge is 0.323 e. The van der Waals surface area contributed by atoms with Crippen LogP contribution in [0.15, 0.2) is 30.3 Å². The summed E-state index contributed by atoms with van der Waals surface area (Å²) in [6.45, 7) is 2.59. The molecule has 5 nitrogen and oxygen atoms in total. The number of rotatable bonds is 9. The first-order valence-electron chi connectivity index (χ1n) is 7.48. The molecule has 0 aliphatic carbocycles. The third-order valence-corrected chi connectivity index (χ3v) is 3.55. The van der Waals surface area contributed by atoms with Gasteiger partial charge in [0.25, 0.3) is 0 Å². The molecular weight excluding hydrogens is 266 g/mol. The van der Waals surface area contributed by atoms with E-state index in [1.54, 1.807) is 0 Å². The molecule has 0 aliphatic rings. The number of carbonyl (C=O) groups excluding carboxylic acids is 1. The van der Waals surface area contributed by atoms with Crippen molar-refractivity contribution in [1.29, 1.82) is 0 Å². The van der Waals surface area contributed by atoms with E-state index in [2.05, 4.69) is 5.32 Å². The van der Waals surface area contributed by atoms with E-state index in [0.717, 1.165) is 18.4 Å². The molecule has 0 spiro atoms. The number of likely N-dealkylation sites (N-methyl/N-ethyl adjacent to an activating group) is 1. The molecular formula is C16H27N3O2. The Kier molecular flexibility index (Phi) is 7.97. The van der Waals surface area contributed by atoms with Crippen LogP contribution in [0.3, 0.4) is 0 Å². The molecule has 1 rings (SSSR count). The Bertz CT molecular complexity index is 411. The van der Waals surface area contributed by atoms with Crippen LogP contribution in [0.1, 0.15) is 37.9 Å². The SMILES string of the molecule is CNC(C)C(OC(=O)[C@@H](N)CCCCN)c1ccccc1. The molecule has 0 aliphatic heterocycles. The van der Waals surface area contributed by atoms with Crippen molar-refractivity contribution in [3.8, 4) is 0 Å². The normalized spacial score (nSPS) is 15.2. The highest BCUT2D eigenvalue weighted by atomic mass is 16.5. The zero-order valence-corrected chi connectivity index (χ0v) is 12.9. The summed E-state index contributed by atoms with van der Waals surface area (Å²) < 4.78 is 5.62. The van der Waals surface area contributed by atoms with E-state index in [4.69, 9.17) is 16.2 Å². The van der Waals surface area contributed by atoms with E-state index in [9.17, 15) is 4.79 Å². The quantitative estimate of drug-likeness (QED) is 0.472. The van der Waals surface area contributed by atoms with Crippen LogP contribution in [-0.4, -0.2) is 31.6 Å². The minimum absolute atomic E-state index is 0.00703. The molecule has 1 aromatic rings. The standard InChI is InChI=1S/C16H27N3O2/c1-12(19-2)15(13-8-4-3-5-9-13)21-16(20)14(18)10-6-7-11-17/h3-5,8-9,12,14-15,19H,6-7,10-11,17-18H2,1-2H3/t12?,14-,15?/m0/s1. The van der Waals surface area contributed by atoms with E-state index in [0.29, 0.717) is 13.0 Å². The largest absolute Gasteiger partial charge is 0.455 e. The van der Waals surface area contributed by atoms with Gasteiger partial charge >= 0.3 is 5.97 Å². The highest BCUT2D eigenvalue weighted by molar-refractivity contribution is 5.75. The van der Waals surface area contributed by atoms with Gasteiger partial charge in [-0.1, -0.05) is 36.8 Å². The van der Waals surface area contributed by atoms with Gasteiger partial charge in [0.1, 0.15) is 12.1 Å². The van der Waals surface area contributed by atoms with Crippen LogP contribution in [0.2, 0.25) is 0 Å². The van der Waals surface area contributed by atoms with Gasteiger partial charge in [-0.2, -0.15) is 0 Å². The fourth-order valence-corrected chi connectivity index (χ4v) is 2.09. The second-order valence-corrected chi connectivity index (χ2v) is 5.24. The lowest BCUT2D eigenvalue weighted by molar-refractivity contribution is -0.152. The minimum Gasteiger partial charge on any atom is -0.455 e. The highest BCUT2D eigenvalue weighted by Crippen LogP contribution is 2.22. The Balaban J connectivity index is 2.66. The second-order valence-electron chi connectivity index (χ2n) is 5.24. The zero-order chi connectivity index (χ0) is 15.7. The summed E-state index contributed by atoms with van der Waals surface area (Å²) in [6, 6.07) is 9.11. The first-order valence-corrected chi connectivity index (χ1v) is 7.48. The lowest BCUT2D eigenvalue weighted by Gasteiger charge is -2.25. The van der Waals surface area contributed by atoms with Gasteiger partial charge in [0.05, 0.1) is 0 Å². The van der Waals surface area contributed by atoms with Gasteiger partial charge in [-0.05, 0) is 38.9 Å². The van der Waals surface area contributed by atoms with Gasteiger partial charge in [-0.25, -0.2) is 0 Å². The number of nitrogens with one attached hydrogen (secondary N) is 1. The summed E-state index contributed by atoms with van der Waals surface area (Å²) in [5.41, 5.74) is 12.3. The number of carbonyl (C=O) groups is 1. The first-order chi connectivity index (χ1) is 10.1. The van der Waals surface area contributed by atoms with Gasteiger partial charge in [0, 0.05) is 6.04 Å². The van der Waals surface area contributed by atoms with Crippen LogP contribution in [0.25, 0.3) is 0 Å². The van der Waals surface area contributed by atoms with Crippen LogP contribution >= 0.6 is 0 Å². The molecule has 1 aromatic carbocycles. The topological polar surface area (TPSA) is 90.4 Å². The summed E-state index contributed by atoms with van der Waals surface area (Å²) in [5, 5.41) is 3.13. The van der Waals surface area contributed by atoms with Crippen LogP contribution in [0, 0.1) is 0 Å². The summed E-state index contributed by atoms with van der Waals surface area (Å²) in [7, 11) is 1.84. The molecule has 3 atom stereocenters. The van der Waals surface area contributed by atoms with Crippen molar-refractivity contribution in [2.45, 2.75) is 44.4 Å². The lowest BCUT2D eigenvalue weighted by Crippen LogP contribution is -2.38. The maximum atomic E-state index is 12.1. The predicted octanol–water partition coefficient (Wildman–Crippen LogP) is 1.34. The Morgan fingerprint density at radius 2 is 1.95 bits per heavy atom. The third kappa shape index (κ3) is 5.83. The molecule has 5 N–H and O–H groups in total. The highest BCUT2D eigenvalue weighted by Gasteiger charge is 2.25. The maximum Gasteiger partial charge on any atom is 0.323 e. The van der Waals surface area contributed by atoms with Crippen LogP contribution in [0.5, 0.6) is 0 Å². The zero-order valence-electron chi connectivity index (χ0n) is 12.9. The van der Waals surface area contributed by atoms with E-state index in [1.165, 1.54) is 0 Å². The van der Waals surface area contributed by atoms with Gasteiger partial charge in [-0.15, -0.1) is 0 Å². The molecule has 0 fully saturated rings. The molecule has 0 aromatic heterocycles. The maximum absolute atomic E-state index is 12.1. The van der Waals surface area contributed by atoms with Crippen LogP contribution < -0.4 is 16.8 Å². The van der Waals surface area contributed by atoms with E-state index < -0.39 is 6.04 Å². The molecule has 21 heavy (non-hydrogen) atoms. The molecule has 0 saturated heterocycles. The van der Waals surface area contributed by atoms with Crippen molar-refractivity contribution >= 4 is 5.97 Å². The van der Waals surface area contributed by atoms with Crippen molar-refractivity contribution in [2.75, 3.05) is 13.6 Å². The average Bonchev–Trinajstić information content (AvgIpc) is 2.52. The second kappa shape index (κ2) is 9.50. The van der Waals surface area contributed by atoms with Crippen molar-refractivity contribution in [3.05, 3.63) is 35.9 Å². The Morgan fingerprint density at radius 1 is 1.29 bits per heavy atom. The van der Waals surface area contributed by atoms with E-state index in [1.807, 2.05) is 44.3 Å². The van der Waals surface area contributed by atoms with Crippen molar-refractivity contribution in [3.63, 3.8) is 0 Å². The van der Waals surface area contributed by atoms with E-state index >= 15 is 0 Å². The number of hydrogen-bond acceptors (Lipinski definition) is 5. The van der Waals surface area contributed by atoms with Gasteiger partial charge in [-0.3, -0.25) is 4.79 Å². The average molecular weight is 293 g/mol. The minimum atomic E-state index is -0.591. The van der Waals surface area contributed by atoms with Crippen LogP contribution in [0.4, 0.5) is 0 Å². The Hall–Kier alpha value is -1.43. The summed E-state index contributed by atoms with van der Waals surface area (Å²) in [6.07, 6.45) is 1.97. The summed E-state index contributed by atoms with van der Waals surface area (Å²) in [4.78, 5) is 12.1. The molecule has 0 radical (unpaired) electrons. The van der Waals surface area contributed by atoms with Gasteiger partial charge < -0.3 is 21.5 Å². The first kappa shape index (κ1) is 17.6. The summed E-state index contributed by atoms with van der Waals surface area (Å²) in [5.74, 6) is -0.358. The van der Waals surface area contributed by atoms with Crippen molar-refractivity contribution in [1.82, 2.24) is 5.32 Å². The van der Waals surface area contributed by atoms with Crippen molar-refractivity contribution in [2.24, 2.45) is 11.5 Å². The number of esters is 1.